The van der Waals surface area contributed by atoms with E-state index >= 15 is 0 Å². The molecule has 5 heterocycles. The number of carbonyl (C=O) groups is 3. The number of esters is 2. The van der Waals surface area contributed by atoms with Gasteiger partial charge in [-0.05, 0) is 92.1 Å². The van der Waals surface area contributed by atoms with Crippen molar-refractivity contribution in [2.75, 3.05) is 28.3 Å². The highest BCUT2D eigenvalue weighted by molar-refractivity contribution is 5.95. The number of carbonyl (C=O) groups excluding carboxylic acids is 3. The molecule has 0 aromatic carbocycles. The fourth-order valence-electron chi connectivity index (χ4n) is 6.38. The number of hydrogen-bond donors (Lipinski definition) is 2. The maximum absolute atomic E-state index is 13.2. The number of allylic oxidation sites excluding steroid dienone is 4. The summed E-state index contributed by atoms with van der Waals surface area (Å²) in [4.78, 5) is 61.3. The number of methoxy groups -OCH3 is 2. The van der Waals surface area contributed by atoms with Gasteiger partial charge in [-0.1, -0.05) is 19.2 Å². The first-order valence-corrected chi connectivity index (χ1v) is 16.2. The summed E-state index contributed by atoms with van der Waals surface area (Å²) in [7, 11) is 6.21. The zero-order valence-electron chi connectivity index (χ0n) is 29.6. The monoisotopic (exact) mass is 664 g/mol. The number of rotatable bonds is 9. The Labute approximate surface area is 286 Å². The molecule has 0 unspecified atom stereocenters. The second kappa shape index (κ2) is 13.7. The number of hydrogen-bond acceptors (Lipinski definition) is 8. The Morgan fingerprint density at radius 3 is 1.86 bits per heavy atom. The molecule has 5 rings (SSSR count). The van der Waals surface area contributed by atoms with Gasteiger partial charge in [-0.3, -0.25) is 14.4 Å². The van der Waals surface area contributed by atoms with E-state index in [0.717, 1.165) is 55.5 Å². The van der Waals surface area contributed by atoms with Crippen molar-refractivity contribution in [2.24, 2.45) is 0 Å². The topological polar surface area (TPSA) is 143 Å². The lowest BCUT2D eigenvalue weighted by molar-refractivity contribution is -0.141. The lowest BCUT2D eigenvalue weighted by Crippen LogP contribution is -2.32. The second-order valence-corrected chi connectivity index (χ2v) is 13.0. The molecule has 11 heteroatoms. The highest BCUT2D eigenvalue weighted by atomic mass is 16.5. The van der Waals surface area contributed by atoms with Gasteiger partial charge >= 0.3 is 11.9 Å². The molecular formula is C38H44N6O5. The summed E-state index contributed by atoms with van der Waals surface area (Å²) in [6.07, 6.45) is 3.14. The van der Waals surface area contributed by atoms with E-state index in [9.17, 15) is 14.4 Å². The average molecular weight is 665 g/mol. The fourth-order valence-corrected chi connectivity index (χ4v) is 6.38. The van der Waals surface area contributed by atoms with Crippen LogP contribution in [0.3, 0.4) is 0 Å². The molecule has 1 amide bonds. The molecule has 1 atom stereocenters. The molecule has 11 nitrogen and oxygen atoms in total. The largest absolute Gasteiger partial charge is 0.469 e. The van der Waals surface area contributed by atoms with Crippen LogP contribution in [0.2, 0.25) is 0 Å². The van der Waals surface area contributed by atoms with Gasteiger partial charge in [-0.25, -0.2) is 15.0 Å². The van der Waals surface area contributed by atoms with E-state index in [4.69, 9.17) is 24.4 Å². The maximum Gasteiger partial charge on any atom is 0.305 e. The fraction of sp³-hybridized carbons (Fsp3) is 0.368. The van der Waals surface area contributed by atoms with Crippen LogP contribution in [0.15, 0.2) is 37.4 Å². The number of amides is 1. The third-order valence-corrected chi connectivity index (χ3v) is 9.74. The van der Waals surface area contributed by atoms with Crippen LogP contribution in [0.5, 0.6) is 0 Å². The van der Waals surface area contributed by atoms with Crippen LogP contribution in [0, 0.1) is 13.8 Å². The number of fused-ring (bicyclic) bond motifs is 8. The van der Waals surface area contributed by atoms with E-state index < -0.39 is 5.41 Å². The Balaban J connectivity index is 1.91. The summed E-state index contributed by atoms with van der Waals surface area (Å²) >= 11 is 0. The Morgan fingerprint density at radius 1 is 0.837 bits per heavy atom. The summed E-state index contributed by atoms with van der Waals surface area (Å²) in [5, 5.41) is 0. The third kappa shape index (κ3) is 6.57. The van der Waals surface area contributed by atoms with Gasteiger partial charge in [-0.2, -0.15) is 0 Å². The molecule has 2 aliphatic rings. The molecule has 0 fully saturated rings. The predicted molar refractivity (Wildman–Crippen MR) is 191 cm³/mol. The van der Waals surface area contributed by atoms with Crippen LogP contribution in [0.4, 0.5) is 0 Å². The number of nitrogens with one attached hydrogen (secondary N) is 2. The summed E-state index contributed by atoms with van der Waals surface area (Å²) in [5.41, 5.74) is 9.73. The first kappa shape index (κ1) is 35.0. The smallest absolute Gasteiger partial charge is 0.305 e. The number of aromatic nitrogens is 5. The molecule has 0 saturated heterocycles. The third-order valence-electron chi connectivity index (χ3n) is 9.74. The van der Waals surface area contributed by atoms with E-state index in [0.29, 0.717) is 41.5 Å². The van der Waals surface area contributed by atoms with Gasteiger partial charge in [0.2, 0.25) is 5.91 Å². The van der Waals surface area contributed by atoms with Crippen molar-refractivity contribution in [2.45, 2.75) is 65.2 Å². The SMILES string of the molecule is C=CC1=C(C)c2cc3[nH]c(cc4[nH]c(cc5nc(nc1n2)[C@](C)(CC(=O)N(C)C)C5=C)c(C)c4CCC(=O)OC)c(CCC(=O)OC)c3C. The Kier molecular flexibility index (Phi) is 9.76. The second-order valence-electron chi connectivity index (χ2n) is 13.0. The quantitative estimate of drug-likeness (QED) is 0.261. The Bertz CT molecular complexity index is 2100. The van der Waals surface area contributed by atoms with Crippen LogP contribution in [-0.2, 0) is 42.1 Å². The van der Waals surface area contributed by atoms with E-state index in [-0.39, 0.29) is 37.1 Å². The van der Waals surface area contributed by atoms with E-state index in [1.54, 1.807) is 25.1 Å². The highest BCUT2D eigenvalue weighted by Gasteiger charge is 2.41. The van der Waals surface area contributed by atoms with Crippen molar-refractivity contribution in [3.8, 4) is 0 Å². The predicted octanol–water partition coefficient (Wildman–Crippen LogP) is 6.10. The van der Waals surface area contributed by atoms with Crippen molar-refractivity contribution in [1.29, 1.82) is 0 Å². The van der Waals surface area contributed by atoms with Gasteiger partial charge in [0.05, 0.1) is 31.0 Å². The molecule has 8 bridgehead atoms. The van der Waals surface area contributed by atoms with Gasteiger partial charge in [0, 0.05) is 61.0 Å². The average Bonchev–Trinajstić information content (AvgIpc) is 3.71. The Hall–Kier alpha value is -5.32. The van der Waals surface area contributed by atoms with Gasteiger partial charge in [0.15, 0.2) is 5.82 Å². The van der Waals surface area contributed by atoms with Crippen LogP contribution in [0.25, 0.3) is 38.8 Å². The number of nitrogens with zero attached hydrogens (tertiary/aromatic N) is 4. The van der Waals surface area contributed by atoms with E-state index in [2.05, 4.69) is 23.1 Å². The minimum absolute atomic E-state index is 0.0814. The zero-order valence-corrected chi connectivity index (χ0v) is 29.6. The summed E-state index contributed by atoms with van der Waals surface area (Å²) < 4.78 is 9.91. The van der Waals surface area contributed by atoms with Crippen LogP contribution >= 0.6 is 0 Å². The molecule has 256 valence electrons. The summed E-state index contributed by atoms with van der Waals surface area (Å²) in [5.74, 6) is 0.191. The van der Waals surface area contributed by atoms with Gasteiger partial charge in [-0.15, -0.1) is 0 Å². The molecule has 2 N–H and O–H groups in total. The van der Waals surface area contributed by atoms with Crippen molar-refractivity contribution < 1.29 is 23.9 Å². The molecule has 3 aromatic heterocycles. The van der Waals surface area contributed by atoms with Crippen LogP contribution in [-0.4, -0.2) is 76.0 Å². The first-order valence-electron chi connectivity index (χ1n) is 16.2. The first-order chi connectivity index (χ1) is 23.2. The summed E-state index contributed by atoms with van der Waals surface area (Å²) in [6, 6.07) is 5.91. The molecule has 2 aliphatic heterocycles. The molecule has 0 saturated carbocycles. The normalized spacial score (nSPS) is 15.7. The van der Waals surface area contributed by atoms with Crippen molar-refractivity contribution in [3.05, 3.63) is 82.7 Å². The zero-order chi connectivity index (χ0) is 35.8. The molecular weight excluding hydrogens is 620 g/mol. The maximum atomic E-state index is 13.2. The molecule has 0 aliphatic carbocycles. The van der Waals surface area contributed by atoms with Gasteiger partial charge in [0.25, 0.3) is 0 Å². The minimum Gasteiger partial charge on any atom is -0.469 e. The number of ether oxygens (including phenoxy) is 2. The van der Waals surface area contributed by atoms with Crippen LogP contribution < -0.4 is 0 Å². The minimum atomic E-state index is -0.904. The van der Waals surface area contributed by atoms with Gasteiger partial charge in [0.1, 0.15) is 5.82 Å². The number of aryl methyl sites for hydroxylation is 4. The van der Waals surface area contributed by atoms with E-state index in [1.165, 1.54) is 14.2 Å². The lowest BCUT2D eigenvalue weighted by atomic mass is 9.79. The molecule has 3 aromatic rings. The summed E-state index contributed by atoms with van der Waals surface area (Å²) in [6.45, 7) is 16.4. The van der Waals surface area contributed by atoms with E-state index in [1.807, 2.05) is 45.9 Å². The number of H-pyrrole nitrogens is 2. The Morgan fingerprint density at radius 2 is 1.37 bits per heavy atom. The van der Waals surface area contributed by atoms with Gasteiger partial charge < -0.3 is 24.3 Å². The van der Waals surface area contributed by atoms with Crippen molar-refractivity contribution in [1.82, 2.24) is 29.8 Å². The highest BCUT2D eigenvalue weighted by Crippen LogP contribution is 2.43. The lowest BCUT2D eigenvalue weighted by Gasteiger charge is -2.25. The van der Waals surface area contributed by atoms with Crippen molar-refractivity contribution >= 4 is 56.6 Å². The van der Waals surface area contributed by atoms with Crippen LogP contribution in [0.1, 0.15) is 78.4 Å². The standard InChI is InChI=1S/C38H44N6O5/c1-11-24-20(2)29-16-27-21(3)25(12-14-34(46)48-9)31(39-27)18-32-26(13-15-35(47)49-10)22(4)28(40-32)17-30-23(5)38(6,19-33(45)44(7)8)37(42-30)43-36(24)41-29/h11,16-18,39-40H,1,5,12-15,19H2,2-4,6-10H3/t38-/m1/s1. The van der Waals surface area contributed by atoms with Crippen molar-refractivity contribution in [3.63, 3.8) is 0 Å². The molecule has 0 radical (unpaired) electrons. The number of aromatic amines is 2. The molecule has 49 heavy (non-hydrogen) atoms. The molecule has 0 spiro atoms.